The summed E-state index contributed by atoms with van der Waals surface area (Å²) in [6.45, 7) is 10.2. The van der Waals surface area contributed by atoms with Crippen LogP contribution in [0.15, 0.2) is 16.6 Å². The molecule has 1 aromatic heterocycles. The molecule has 0 bridgehead atoms. The maximum absolute atomic E-state index is 11.3. The molecule has 2 aromatic rings. The number of carbonyl (C=O) groups is 1. The standard InChI is InChI=1S/C19H22BrN3O2/c1-11(2)17-13(4)21-16(10-24)22-19(17)23-5-6-25-18-12(3)7-15(20)8-14(18)9-23/h7-8,10-11H,5-6,9H2,1-4H3. The zero-order chi connectivity index (χ0) is 18.1. The summed E-state index contributed by atoms with van der Waals surface area (Å²) < 4.78 is 7.03. The van der Waals surface area contributed by atoms with Gasteiger partial charge in [-0.2, -0.15) is 0 Å². The maximum Gasteiger partial charge on any atom is 0.194 e. The first-order valence-corrected chi connectivity index (χ1v) is 9.20. The van der Waals surface area contributed by atoms with Gasteiger partial charge in [-0.05, 0) is 37.5 Å². The highest BCUT2D eigenvalue weighted by Crippen LogP contribution is 2.34. The summed E-state index contributed by atoms with van der Waals surface area (Å²) in [5.41, 5.74) is 4.17. The number of aldehydes is 1. The van der Waals surface area contributed by atoms with Crippen molar-refractivity contribution in [2.45, 2.75) is 40.2 Å². The monoisotopic (exact) mass is 403 g/mol. The van der Waals surface area contributed by atoms with Gasteiger partial charge in [-0.1, -0.05) is 29.8 Å². The second-order valence-corrected chi connectivity index (χ2v) is 7.57. The summed E-state index contributed by atoms with van der Waals surface area (Å²) in [6.07, 6.45) is 0.712. The van der Waals surface area contributed by atoms with Crippen LogP contribution in [0.25, 0.3) is 0 Å². The summed E-state index contributed by atoms with van der Waals surface area (Å²) >= 11 is 3.57. The average molecular weight is 404 g/mol. The van der Waals surface area contributed by atoms with E-state index in [1.54, 1.807) is 0 Å². The predicted molar refractivity (Wildman–Crippen MR) is 102 cm³/mol. The lowest BCUT2D eigenvalue weighted by molar-refractivity contribution is 0.111. The Morgan fingerprint density at radius 2 is 2.04 bits per heavy atom. The molecule has 3 rings (SSSR count). The Morgan fingerprint density at radius 3 is 2.72 bits per heavy atom. The van der Waals surface area contributed by atoms with E-state index in [-0.39, 0.29) is 11.7 Å². The number of halogens is 1. The molecule has 1 aromatic carbocycles. The van der Waals surface area contributed by atoms with Crippen molar-refractivity contribution in [2.24, 2.45) is 0 Å². The molecule has 0 amide bonds. The first-order valence-electron chi connectivity index (χ1n) is 8.41. The van der Waals surface area contributed by atoms with Gasteiger partial charge in [-0.25, -0.2) is 9.97 Å². The van der Waals surface area contributed by atoms with E-state index in [0.717, 1.165) is 38.4 Å². The van der Waals surface area contributed by atoms with Gasteiger partial charge in [-0.15, -0.1) is 0 Å². The molecule has 2 heterocycles. The fourth-order valence-electron chi connectivity index (χ4n) is 3.40. The Hall–Kier alpha value is -1.95. The van der Waals surface area contributed by atoms with Crippen molar-refractivity contribution in [3.8, 4) is 5.75 Å². The summed E-state index contributed by atoms with van der Waals surface area (Å²) in [5, 5.41) is 0. The number of rotatable bonds is 3. The lowest BCUT2D eigenvalue weighted by Crippen LogP contribution is -2.28. The van der Waals surface area contributed by atoms with Gasteiger partial charge in [0.1, 0.15) is 18.2 Å². The van der Waals surface area contributed by atoms with Crippen LogP contribution in [0.1, 0.15) is 52.8 Å². The van der Waals surface area contributed by atoms with Gasteiger partial charge in [0, 0.05) is 27.8 Å². The number of hydrogen-bond donors (Lipinski definition) is 0. The SMILES string of the molecule is Cc1cc(Br)cc2c1OCCN(c1nc(C=O)nc(C)c1C(C)C)C2. The first kappa shape index (κ1) is 17.9. The van der Waals surface area contributed by atoms with Crippen molar-refractivity contribution in [3.63, 3.8) is 0 Å². The average Bonchev–Trinajstić information content (AvgIpc) is 2.76. The third-order valence-corrected chi connectivity index (χ3v) is 4.86. The number of hydrogen-bond acceptors (Lipinski definition) is 5. The first-order chi connectivity index (χ1) is 11.9. The highest BCUT2D eigenvalue weighted by molar-refractivity contribution is 9.10. The van der Waals surface area contributed by atoms with E-state index in [0.29, 0.717) is 26.0 Å². The van der Waals surface area contributed by atoms with Gasteiger partial charge in [0.05, 0.1) is 6.54 Å². The lowest BCUT2D eigenvalue weighted by Gasteiger charge is -2.26. The van der Waals surface area contributed by atoms with E-state index in [1.807, 2.05) is 6.92 Å². The van der Waals surface area contributed by atoms with Crippen LogP contribution in [0.3, 0.4) is 0 Å². The molecule has 6 heteroatoms. The molecule has 0 unspecified atom stereocenters. The van der Waals surface area contributed by atoms with Gasteiger partial charge in [-0.3, -0.25) is 4.79 Å². The van der Waals surface area contributed by atoms with Crippen molar-refractivity contribution >= 4 is 28.0 Å². The summed E-state index contributed by atoms with van der Waals surface area (Å²) in [5.74, 6) is 2.27. The Morgan fingerprint density at radius 1 is 1.28 bits per heavy atom. The minimum atomic E-state index is 0.229. The van der Waals surface area contributed by atoms with Gasteiger partial charge in [0.25, 0.3) is 0 Å². The molecule has 132 valence electrons. The number of ether oxygens (including phenoxy) is 1. The van der Waals surface area contributed by atoms with E-state index in [9.17, 15) is 4.79 Å². The van der Waals surface area contributed by atoms with Crippen molar-refractivity contribution in [1.82, 2.24) is 9.97 Å². The van der Waals surface area contributed by atoms with Crippen LogP contribution in [0.5, 0.6) is 5.75 Å². The van der Waals surface area contributed by atoms with Crippen molar-refractivity contribution in [3.05, 3.63) is 44.8 Å². The molecule has 1 aliphatic rings. The minimum absolute atomic E-state index is 0.229. The highest BCUT2D eigenvalue weighted by atomic mass is 79.9. The quantitative estimate of drug-likeness (QED) is 0.718. The fourth-order valence-corrected chi connectivity index (χ4v) is 4.02. The highest BCUT2D eigenvalue weighted by Gasteiger charge is 2.24. The van der Waals surface area contributed by atoms with Crippen molar-refractivity contribution in [2.75, 3.05) is 18.1 Å². The molecule has 25 heavy (non-hydrogen) atoms. The molecule has 0 saturated heterocycles. The number of aromatic nitrogens is 2. The number of anilines is 1. The molecular weight excluding hydrogens is 382 g/mol. The van der Waals surface area contributed by atoms with Gasteiger partial charge in [0.15, 0.2) is 12.1 Å². The molecule has 0 spiro atoms. The lowest BCUT2D eigenvalue weighted by atomic mass is 10.0. The minimum Gasteiger partial charge on any atom is -0.491 e. The van der Waals surface area contributed by atoms with Crippen LogP contribution in [-0.4, -0.2) is 29.4 Å². The van der Waals surface area contributed by atoms with Gasteiger partial charge >= 0.3 is 0 Å². The summed E-state index contributed by atoms with van der Waals surface area (Å²) in [4.78, 5) is 22.3. The molecule has 0 saturated carbocycles. The molecule has 0 atom stereocenters. The van der Waals surface area contributed by atoms with Crippen LogP contribution in [0, 0.1) is 13.8 Å². The Balaban J connectivity index is 2.10. The second-order valence-electron chi connectivity index (χ2n) is 6.66. The topological polar surface area (TPSA) is 55.3 Å². The number of fused-ring (bicyclic) bond motifs is 1. The number of carbonyl (C=O) groups excluding carboxylic acids is 1. The normalized spacial score (nSPS) is 14.1. The number of nitrogens with zero attached hydrogens (tertiary/aromatic N) is 3. The van der Waals surface area contributed by atoms with E-state index < -0.39 is 0 Å². The molecule has 0 fully saturated rings. The van der Waals surface area contributed by atoms with Crippen molar-refractivity contribution in [1.29, 1.82) is 0 Å². The molecule has 0 aliphatic carbocycles. The van der Waals surface area contributed by atoms with Gasteiger partial charge < -0.3 is 9.64 Å². The summed E-state index contributed by atoms with van der Waals surface area (Å²) in [7, 11) is 0. The van der Waals surface area contributed by atoms with Crippen LogP contribution in [0.2, 0.25) is 0 Å². The Bertz CT molecular complexity index is 821. The van der Waals surface area contributed by atoms with Crippen LogP contribution in [-0.2, 0) is 6.54 Å². The smallest absolute Gasteiger partial charge is 0.194 e. The zero-order valence-corrected chi connectivity index (χ0v) is 16.6. The molecular formula is C19H22BrN3O2. The van der Waals surface area contributed by atoms with Crippen LogP contribution >= 0.6 is 15.9 Å². The van der Waals surface area contributed by atoms with E-state index in [1.165, 1.54) is 0 Å². The molecule has 0 N–H and O–H groups in total. The molecule has 0 radical (unpaired) electrons. The fraction of sp³-hybridized carbons (Fsp3) is 0.421. The van der Waals surface area contributed by atoms with Crippen molar-refractivity contribution < 1.29 is 9.53 Å². The van der Waals surface area contributed by atoms with Crippen LogP contribution in [0.4, 0.5) is 5.82 Å². The second kappa shape index (κ2) is 7.12. The Kier molecular flexibility index (Phi) is 5.08. The number of aryl methyl sites for hydroxylation is 2. The molecule has 1 aliphatic heterocycles. The maximum atomic E-state index is 11.3. The van der Waals surface area contributed by atoms with Crippen LogP contribution < -0.4 is 9.64 Å². The predicted octanol–water partition coefficient (Wildman–Crippen LogP) is 4.19. The Labute approximate surface area is 156 Å². The number of benzene rings is 1. The largest absolute Gasteiger partial charge is 0.491 e. The van der Waals surface area contributed by atoms with Gasteiger partial charge in [0.2, 0.25) is 0 Å². The van der Waals surface area contributed by atoms with E-state index in [4.69, 9.17) is 4.74 Å². The zero-order valence-electron chi connectivity index (χ0n) is 15.0. The van der Waals surface area contributed by atoms with E-state index in [2.05, 4.69) is 63.7 Å². The van der Waals surface area contributed by atoms with E-state index >= 15 is 0 Å². The third kappa shape index (κ3) is 3.54. The third-order valence-electron chi connectivity index (χ3n) is 4.40. The summed E-state index contributed by atoms with van der Waals surface area (Å²) in [6, 6.07) is 4.15. The molecule has 5 nitrogen and oxygen atoms in total.